The fourth-order valence-corrected chi connectivity index (χ4v) is 3.40. The van der Waals surface area contributed by atoms with Gasteiger partial charge in [-0.25, -0.2) is 8.78 Å². The van der Waals surface area contributed by atoms with E-state index in [1.807, 2.05) is 0 Å². The van der Waals surface area contributed by atoms with Gasteiger partial charge in [0.2, 0.25) is 0 Å². The molecule has 1 aliphatic carbocycles. The number of rotatable bonds is 5. The molecule has 2 rings (SSSR count). The molecule has 0 aliphatic heterocycles. The fraction of sp³-hybridized carbons (Fsp3) is 0.647. The zero-order chi connectivity index (χ0) is 14.5. The van der Waals surface area contributed by atoms with Crippen molar-refractivity contribution in [2.45, 2.75) is 52.0 Å². The third kappa shape index (κ3) is 4.02. The van der Waals surface area contributed by atoms with Gasteiger partial charge in [-0.1, -0.05) is 26.7 Å². The van der Waals surface area contributed by atoms with Crippen LogP contribution >= 0.6 is 0 Å². The van der Waals surface area contributed by atoms with Crippen molar-refractivity contribution in [3.63, 3.8) is 0 Å². The summed E-state index contributed by atoms with van der Waals surface area (Å²) in [5.74, 6) is 0.226. The fourth-order valence-electron chi connectivity index (χ4n) is 3.40. The van der Waals surface area contributed by atoms with Crippen LogP contribution in [-0.2, 0) is 0 Å². The molecular weight excluding hydrogens is 256 g/mol. The van der Waals surface area contributed by atoms with Gasteiger partial charge < -0.3 is 5.32 Å². The molecule has 1 N–H and O–H groups in total. The van der Waals surface area contributed by atoms with Crippen molar-refractivity contribution < 1.29 is 8.78 Å². The second-order valence-electron chi connectivity index (χ2n) is 6.17. The molecule has 0 bridgehead atoms. The van der Waals surface area contributed by atoms with E-state index in [4.69, 9.17) is 0 Å². The first-order chi connectivity index (χ1) is 9.60. The molecule has 3 heteroatoms. The highest BCUT2D eigenvalue weighted by Crippen LogP contribution is 2.37. The minimum absolute atomic E-state index is 0.0721. The van der Waals surface area contributed by atoms with Crippen molar-refractivity contribution in [1.82, 2.24) is 5.32 Å². The van der Waals surface area contributed by atoms with Crippen molar-refractivity contribution in [3.05, 3.63) is 35.4 Å². The Bertz CT molecular complexity index is 413. The van der Waals surface area contributed by atoms with Gasteiger partial charge in [-0.15, -0.1) is 0 Å². The Morgan fingerprint density at radius 2 is 1.90 bits per heavy atom. The van der Waals surface area contributed by atoms with Crippen LogP contribution < -0.4 is 5.32 Å². The maximum absolute atomic E-state index is 13.5. The summed E-state index contributed by atoms with van der Waals surface area (Å²) in [6.07, 6.45) is 5.79. The molecule has 1 aromatic carbocycles. The SMILES string of the molecule is CCCNC(c1cc(F)cc(F)c1)C1CCCC(C)C1. The van der Waals surface area contributed by atoms with Crippen molar-refractivity contribution in [3.8, 4) is 0 Å². The van der Waals surface area contributed by atoms with E-state index in [1.54, 1.807) is 0 Å². The number of nitrogens with one attached hydrogen (secondary N) is 1. The maximum atomic E-state index is 13.5. The molecule has 1 saturated carbocycles. The Balaban J connectivity index is 2.21. The summed E-state index contributed by atoms with van der Waals surface area (Å²) >= 11 is 0. The number of benzene rings is 1. The minimum atomic E-state index is -0.479. The molecule has 0 radical (unpaired) electrons. The molecule has 1 fully saturated rings. The van der Waals surface area contributed by atoms with Gasteiger partial charge in [0.25, 0.3) is 0 Å². The first-order valence-electron chi connectivity index (χ1n) is 7.79. The molecular formula is C17H25F2N. The molecule has 0 heterocycles. The molecule has 20 heavy (non-hydrogen) atoms. The quantitative estimate of drug-likeness (QED) is 0.815. The van der Waals surface area contributed by atoms with E-state index in [0.29, 0.717) is 11.8 Å². The lowest BCUT2D eigenvalue weighted by Gasteiger charge is -2.34. The van der Waals surface area contributed by atoms with Crippen LogP contribution in [0.1, 0.15) is 57.6 Å². The smallest absolute Gasteiger partial charge is 0.126 e. The lowest BCUT2D eigenvalue weighted by atomic mass is 9.76. The van der Waals surface area contributed by atoms with E-state index in [2.05, 4.69) is 19.2 Å². The minimum Gasteiger partial charge on any atom is -0.310 e. The first-order valence-corrected chi connectivity index (χ1v) is 7.79. The van der Waals surface area contributed by atoms with Crippen molar-refractivity contribution >= 4 is 0 Å². The van der Waals surface area contributed by atoms with Gasteiger partial charge in [0.05, 0.1) is 0 Å². The van der Waals surface area contributed by atoms with E-state index < -0.39 is 11.6 Å². The normalized spacial score (nSPS) is 24.6. The molecule has 3 atom stereocenters. The van der Waals surface area contributed by atoms with E-state index >= 15 is 0 Å². The van der Waals surface area contributed by atoms with E-state index in [9.17, 15) is 8.78 Å². The van der Waals surface area contributed by atoms with Gasteiger partial charge in [-0.3, -0.25) is 0 Å². The Hall–Kier alpha value is -0.960. The highest BCUT2D eigenvalue weighted by atomic mass is 19.1. The van der Waals surface area contributed by atoms with Crippen molar-refractivity contribution in [2.24, 2.45) is 11.8 Å². The Labute approximate surface area is 120 Å². The van der Waals surface area contributed by atoms with Crippen LogP contribution in [0.15, 0.2) is 18.2 Å². The predicted octanol–water partition coefficient (Wildman–Crippen LogP) is 4.83. The van der Waals surface area contributed by atoms with Crippen LogP contribution in [0.2, 0.25) is 0 Å². The van der Waals surface area contributed by atoms with Crippen LogP contribution in [0.25, 0.3) is 0 Å². The van der Waals surface area contributed by atoms with Crippen molar-refractivity contribution in [1.29, 1.82) is 0 Å². The third-order valence-electron chi connectivity index (χ3n) is 4.31. The lowest BCUT2D eigenvalue weighted by molar-refractivity contribution is 0.223. The molecule has 1 aliphatic rings. The second-order valence-corrected chi connectivity index (χ2v) is 6.17. The molecule has 3 unspecified atom stereocenters. The van der Waals surface area contributed by atoms with Crippen LogP contribution in [0.4, 0.5) is 8.78 Å². The lowest BCUT2D eigenvalue weighted by Crippen LogP contribution is -2.32. The zero-order valence-electron chi connectivity index (χ0n) is 12.5. The van der Waals surface area contributed by atoms with Gasteiger partial charge >= 0.3 is 0 Å². The summed E-state index contributed by atoms with van der Waals surface area (Å²) < 4.78 is 27.0. The van der Waals surface area contributed by atoms with E-state index in [0.717, 1.165) is 37.4 Å². The predicted molar refractivity (Wildman–Crippen MR) is 78.5 cm³/mol. The number of hydrogen-bond donors (Lipinski definition) is 1. The van der Waals surface area contributed by atoms with Gasteiger partial charge in [0, 0.05) is 12.1 Å². The average Bonchev–Trinajstić information content (AvgIpc) is 2.38. The molecule has 0 amide bonds. The second kappa shape index (κ2) is 7.16. The average molecular weight is 281 g/mol. The maximum Gasteiger partial charge on any atom is 0.126 e. The Morgan fingerprint density at radius 3 is 2.50 bits per heavy atom. The first kappa shape index (κ1) is 15.4. The largest absolute Gasteiger partial charge is 0.310 e. The molecule has 0 saturated heterocycles. The Morgan fingerprint density at radius 1 is 1.20 bits per heavy atom. The molecule has 1 aromatic rings. The molecule has 1 nitrogen and oxygen atoms in total. The standard InChI is InChI=1S/C17H25F2N/c1-3-7-20-17(13-6-4-5-12(2)8-13)14-9-15(18)11-16(19)10-14/h9-13,17,20H,3-8H2,1-2H3. The monoisotopic (exact) mass is 281 g/mol. The van der Waals surface area contributed by atoms with Crippen LogP contribution in [0, 0.1) is 23.5 Å². The summed E-state index contributed by atoms with van der Waals surface area (Å²) in [5, 5.41) is 3.50. The highest BCUT2D eigenvalue weighted by Gasteiger charge is 2.28. The molecule has 0 aromatic heterocycles. The summed E-state index contributed by atoms with van der Waals surface area (Å²) in [5.41, 5.74) is 0.759. The summed E-state index contributed by atoms with van der Waals surface area (Å²) in [7, 11) is 0. The van der Waals surface area contributed by atoms with Gasteiger partial charge in [-0.2, -0.15) is 0 Å². The summed E-state index contributed by atoms with van der Waals surface area (Å²) in [4.78, 5) is 0. The highest BCUT2D eigenvalue weighted by molar-refractivity contribution is 5.22. The van der Waals surface area contributed by atoms with Crippen molar-refractivity contribution in [2.75, 3.05) is 6.54 Å². The van der Waals surface area contributed by atoms with Gasteiger partial charge in [0.15, 0.2) is 0 Å². The summed E-state index contributed by atoms with van der Waals surface area (Å²) in [6, 6.07) is 3.98. The number of hydrogen-bond acceptors (Lipinski definition) is 1. The third-order valence-corrected chi connectivity index (χ3v) is 4.31. The van der Waals surface area contributed by atoms with Crippen LogP contribution in [0.3, 0.4) is 0 Å². The Kier molecular flexibility index (Phi) is 5.53. The summed E-state index contributed by atoms with van der Waals surface area (Å²) in [6.45, 7) is 5.27. The van der Waals surface area contributed by atoms with Gasteiger partial charge in [-0.05, 0) is 55.3 Å². The molecule has 112 valence electrons. The van der Waals surface area contributed by atoms with Crippen LogP contribution in [0.5, 0.6) is 0 Å². The zero-order valence-corrected chi connectivity index (χ0v) is 12.5. The molecule has 0 spiro atoms. The topological polar surface area (TPSA) is 12.0 Å². The van der Waals surface area contributed by atoms with Crippen LogP contribution in [-0.4, -0.2) is 6.54 Å². The van der Waals surface area contributed by atoms with Gasteiger partial charge in [0.1, 0.15) is 11.6 Å². The van der Waals surface area contributed by atoms with E-state index in [-0.39, 0.29) is 6.04 Å². The van der Waals surface area contributed by atoms with E-state index in [1.165, 1.54) is 25.0 Å². The number of halogens is 2.